The van der Waals surface area contributed by atoms with Crippen LogP contribution in [0.1, 0.15) is 203 Å². The molecule has 78 heavy (non-hydrogen) atoms. The van der Waals surface area contributed by atoms with Crippen molar-refractivity contribution in [1.29, 1.82) is 0 Å². The summed E-state index contributed by atoms with van der Waals surface area (Å²) >= 11 is 9.53. The Morgan fingerprint density at radius 3 is 0.897 bits per heavy atom. The van der Waals surface area contributed by atoms with Gasteiger partial charge in [0.25, 0.3) is 0 Å². The average molecular weight is 1260 g/mol. The van der Waals surface area contributed by atoms with E-state index in [0.29, 0.717) is 61.2 Å². The Hall–Kier alpha value is -1.16. The van der Waals surface area contributed by atoms with Gasteiger partial charge in [-0.2, -0.15) is 0 Å². The fraction of sp³-hybridized carbons (Fsp3) is 0.738. The van der Waals surface area contributed by atoms with Gasteiger partial charge in [0.2, 0.25) is 0 Å². The molecule has 0 saturated carbocycles. The number of quaternary nitrogens is 2. The van der Waals surface area contributed by atoms with E-state index in [2.05, 4.69) is 93.5 Å². The molecule has 0 aliphatic heterocycles. The Bertz CT molecular complexity index is 1600. The molecule has 2 aromatic carbocycles. The van der Waals surface area contributed by atoms with Crippen LogP contribution in [0.25, 0.3) is 0 Å². The third kappa shape index (κ3) is 43.5. The number of Topliss-reactive ketones (excluding diaryl/α,β-unsaturated/α-hetero) is 2. The number of benzene rings is 2. The van der Waals surface area contributed by atoms with Crippen LogP contribution >= 0.6 is 23.2 Å². The zero-order valence-corrected chi connectivity index (χ0v) is 57.3. The van der Waals surface area contributed by atoms with Crippen LogP contribution in [0.5, 0.6) is 0 Å². The van der Waals surface area contributed by atoms with Crippen molar-refractivity contribution in [1.82, 2.24) is 0 Å². The fourth-order valence-corrected chi connectivity index (χ4v) is 9.41. The number of unbranched alkanes of at least 4 members (excludes halogenated alkanes) is 18. The summed E-state index contributed by atoms with van der Waals surface area (Å²) in [7, 11) is 0. The van der Waals surface area contributed by atoms with Gasteiger partial charge in [0.15, 0.2) is 11.6 Å². The van der Waals surface area contributed by atoms with E-state index in [1.54, 1.807) is 0 Å². The van der Waals surface area contributed by atoms with Crippen molar-refractivity contribution in [2.75, 3.05) is 84.1 Å². The number of ketones is 2. The molecule has 0 radical (unpaired) electrons. The minimum Gasteiger partial charge on any atom is -1.00 e. The predicted octanol–water partition coefficient (Wildman–Crippen LogP) is 3.95. The molecular weight excluding hydrogens is 1150 g/mol. The van der Waals surface area contributed by atoms with Gasteiger partial charge in [0.1, 0.15) is 39.4 Å². The van der Waals surface area contributed by atoms with Crippen molar-refractivity contribution < 1.29 is 124 Å². The summed E-state index contributed by atoms with van der Waals surface area (Å²) in [6, 6.07) is 12.3. The van der Waals surface area contributed by atoms with Crippen molar-refractivity contribution in [3.8, 4) is 0 Å². The van der Waals surface area contributed by atoms with E-state index < -0.39 is 12.3 Å². The molecule has 0 aliphatic rings. The molecule has 0 aliphatic carbocycles. The molecule has 0 saturated heterocycles. The summed E-state index contributed by atoms with van der Waals surface area (Å²) in [4.78, 5) is 49.8. The smallest absolute Gasteiger partial charge is 1.00 e. The molecule has 452 valence electrons. The number of ether oxygens (including phenoxy) is 4. The van der Waals surface area contributed by atoms with Gasteiger partial charge in [-0.15, -0.1) is 23.2 Å². The molecule has 11 nitrogen and oxygen atoms in total. The number of nitrogens with zero attached hydrogens (tertiary/aromatic N) is 2. The monoisotopic (exact) mass is 1250 g/mol. The third-order valence-corrected chi connectivity index (χ3v) is 14.8. The Morgan fingerprint density at radius 2 is 0.654 bits per heavy atom. The van der Waals surface area contributed by atoms with Crippen molar-refractivity contribution in [3.05, 3.63) is 69.8 Å². The summed E-state index contributed by atoms with van der Waals surface area (Å²) < 4.78 is 22.4. The number of carbonyl (C=O) groups excluding carboxylic acids is 4. The molecule has 0 atom stereocenters. The standard InChI is InChI=1S/2C30H52NO4.CH2Cl2.BrH.2ClH.Na.H2O/c2*1-6-9-10-11-12-13-14-15-16-17-22-34-30(33)35-23-21-31(7-2,8-3)25-28(32)24-29-26(4)19-18-20-27(29)5;2-1-3;;;;;/h2*18-20H,6-17,21-25H2,1-5H3;1H2;3*1H;;1H2/q2*+1;;;;;+1;/p-4. The minimum absolute atomic E-state index is 0. The van der Waals surface area contributed by atoms with Gasteiger partial charge < -0.3 is 75.2 Å². The van der Waals surface area contributed by atoms with Crippen LogP contribution in [0.2, 0.25) is 0 Å². The van der Waals surface area contributed by atoms with Gasteiger partial charge in [-0.05, 0) is 102 Å². The van der Waals surface area contributed by atoms with Gasteiger partial charge in [-0.3, -0.25) is 9.59 Å². The van der Waals surface area contributed by atoms with Crippen molar-refractivity contribution >= 4 is 47.1 Å². The second-order valence-corrected chi connectivity index (χ2v) is 21.1. The van der Waals surface area contributed by atoms with Crippen LogP contribution in [0.15, 0.2) is 36.4 Å². The number of aryl methyl sites for hydroxylation is 4. The van der Waals surface area contributed by atoms with E-state index in [9.17, 15) is 19.2 Å². The van der Waals surface area contributed by atoms with Crippen LogP contribution in [-0.2, 0) is 41.4 Å². The molecule has 0 fully saturated rings. The Morgan fingerprint density at radius 1 is 0.423 bits per heavy atom. The number of halogens is 5. The summed E-state index contributed by atoms with van der Waals surface area (Å²) in [5, 5.41) is 0.194. The van der Waals surface area contributed by atoms with E-state index >= 15 is 0 Å². The van der Waals surface area contributed by atoms with E-state index in [0.717, 1.165) is 85.2 Å². The van der Waals surface area contributed by atoms with Crippen molar-refractivity contribution in [3.63, 3.8) is 0 Å². The van der Waals surface area contributed by atoms with E-state index in [4.69, 9.17) is 42.1 Å². The predicted molar refractivity (Wildman–Crippen MR) is 308 cm³/mol. The molecule has 0 bridgehead atoms. The second kappa shape index (κ2) is 57.6. The molecule has 0 heterocycles. The molecule has 1 N–H and O–H groups in total. The second-order valence-electron chi connectivity index (χ2n) is 20.2. The number of likely N-dealkylation sites (N-methyl/N-ethyl adjacent to an activating group) is 2. The quantitative estimate of drug-likeness (QED) is 0.0320. The molecule has 2 rings (SSSR count). The van der Waals surface area contributed by atoms with Gasteiger partial charge in [-0.25, -0.2) is 9.59 Å². The van der Waals surface area contributed by atoms with Gasteiger partial charge in [-0.1, -0.05) is 166 Å². The maximum absolute atomic E-state index is 12.9. The van der Waals surface area contributed by atoms with Crippen molar-refractivity contribution in [2.24, 2.45) is 0 Å². The molecule has 17 heteroatoms. The van der Waals surface area contributed by atoms with Gasteiger partial charge >= 0.3 is 41.9 Å². The molecule has 0 aromatic heterocycles. The normalized spacial score (nSPS) is 10.5. The van der Waals surface area contributed by atoms with Gasteiger partial charge in [0.05, 0.1) is 44.7 Å². The molecule has 0 spiro atoms. The maximum Gasteiger partial charge on any atom is 1.00 e. The Kier molecular flexibility index (Phi) is 65.1. The first-order valence-electron chi connectivity index (χ1n) is 28.7. The number of carbonyl (C=O) groups is 4. The van der Waals surface area contributed by atoms with Crippen LogP contribution < -0.4 is 71.4 Å². The first-order valence-corrected chi connectivity index (χ1v) is 29.8. The summed E-state index contributed by atoms with van der Waals surface area (Å²) in [5.74, 6) is 0.462. The van der Waals surface area contributed by atoms with Crippen molar-refractivity contribution in [2.45, 2.75) is 210 Å². The Labute approximate surface area is 531 Å². The van der Waals surface area contributed by atoms with E-state index in [1.807, 2.05) is 12.1 Å². The average Bonchev–Trinajstić information content (AvgIpc) is 3.37. The summed E-state index contributed by atoms with van der Waals surface area (Å²) in [6.45, 7) is 28.0. The third-order valence-electron chi connectivity index (χ3n) is 14.8. The number of hydrogen-bond acceptors (Lipinski definition) is 9. The molecule has 0 unspecified atom stereocenters. The zero-order valence-electron chi connectivity index (χ0n) is 50.7. The van der Waals surface area contributed by atoms with Gasteiger partial charge in [0, 0.05) is 12.8 Å². The van der Waals surface area contributed by atoms with E-state index in [1.165, 1.54) is 103 Å². The number of hydrogen-bond donors (Lipinski definition) is 0. The maximum atomic E-state index is 12.9. The summed E-state index contributed by atoms with van der Waals surface area (Å²) in [6.07, 6.45) is 24.7. The van der Waals surface area contributed by atoms with E-state index in [-0.39, 0.29) is 107 Å². The SMILES string of the molecule is CCCCCCCCCCCCOC(=O)OCC[N+](CC)(CC)CC(=O)Cc1c(C)cccc1C.CCCCCCCCCCCCOC(=O)OCC[N+](CC)(CC)CC(=O)Cc1c(C)cccc1C.ClCCl.[Br-].[Cl-].[Cl-].[Na+].[OH-]. The fourth-order valence-electron chi connectivity index (χ4n) is 9.41. The molecular formula is C61H107BrCl4N2NaO9-. The topological polar surface area (TPSA) is 135 Å². The summed E-state index contributed by atoms with van der Waals surface area (Å²) in [5.41, 5.74) is 6.93. The van der Waals surface area contributed by atoms with Crippen LogP contribution in [0.4, 0.5) is 9.59 Å². The number of rotatable bonds is 40. The van der Waals surface area contributed by atoms with Crippen LogP contribution in [0, 0.1) is 27.7 Å². The minimum atomic E-state index is -0.590. The largest absolute Gasteiger partial charge is 1.00 e. The molecule has 0 amide bonds. The number of alkyl halides is 2. The van der Waals surface area contributed by atoms with Crippen LogP contribution in [0.3, 0.4) is 0 Å². The first kappa shape index (κ1) is 88.1. The zero-order chi connectivity index (χ0) is 54.6. The molecule has 2 aromatic rings. The Balaban J connectivity index is -0.000000298. The first-order chi connectivity index (χ1) is 35.2. The van der Waals surface area contributed by atoms with Crippen LogP contribution in [-0.4, -0.2) is 122 Å².